The molecule has 0 aromatic heterocycles. The molecule has 0 amide bonds. The van der Waals surface area contributed by atoms with Crippen LogP contribution in [0.3, 0.4) is 0 Å². The highest BCUT2D eigenvalue weighted by molar-refractivity contribution is 6.28. The van der Waals surface area contributed by atoms with Gasteiger partial charge in [0.05, 0.1) is 28.4 Å². The summed E-state index contributed by atoms with van der Waals surface area (Å²) in [7, 11) is 0. The second kappa shape index (κ2) is 17.7. The van der Waals surface area contributed by atoms with Crippen LogP contribution in [0.2, 0.25) is 0 Å². The van der Waals surface area contributed by atoms with Gasteiger partial charge in [-0.05, 0) is 146 Å². The lowest BCUT2D eigenvalue weighted by Crippen LogP contribution is -2.14. The van der Waals surface area contributed by atoms with Crippen LogP contribution in [-0.2, 0) is 12.8 Å². The topological polar surface area (TPSA) is 6.48 Å². The minimum Gasteiger partial charge on any atom is -0.309 e. The Bertz CT molecular complexity index is 3950. The smallest absolute Gasteiger partial charge is 0.0541 e. The van der Waals surface area contributed by atoms with Crippen LogP contribution in [0.1, 0.15) is 48.1 Å². The first-order valence-corrected chi connectivity index (χ1v) is 25.7. The second-order valence-corrected chi connectivity index (χ2v) is 20.0. The molecule has 0 spiro atoms. The number of hydrogen-bond acceptors (Lipinski definition) is 2. The minimum atomic E-state index is 0.522. The number of benzene rings is 11. The summed E-state index contributed by atoms with van der Waals surface area (Å²) in [5.74, 6) is 0.522. The average Bonchev–Trinajstić information content (AvgIpc) is 3.80. The van der Waals surface area contributed by atoms with Gasteiger partial charge in [-0.25, -0.2) is 0 Å². The molecule has 0 heterocycles. The summed E-state index contributed by atoms with van der Waals surface area (Å²) in [6, 6.07) is 79.5. The summed E-state index contributed by atoms with van der Waals surface area (Å²) >= 11 is 0. The van der Waals surface area contributed by atoms with Gasteiger partial charge in [0.25, 0.3) is 0 Å². The Labute approximate surface area is 423 Å². The molecule has 0 saturated heterocycles. The molecule has 0 bridgehead atoms. The van der Waals surface area contributed by atoms with Crippen LogP contribution in [0.15, 0.2) is 230 Å². The lowest BCUT2D eigenvalue weighted by atomic mass is 9.90. The number of nitrogens with zero attached hydrogens (tertiary/aromatic N) is 2. The molecule has 2 aliphatic rings. The van der Waals surface area contributed by atoms with Crippen LogP contribution < -0.4 is 9.80 Å². The Kier molecular flexibility index (Phi) is 10.7. The van der Waals surface area contributed by atoms with E-state index in [1.54, 1.807) is 0 Å². The van der Waals surface area contributed by atoms with Gasteiger partial charge in [0.2, 0.25) is 0 Å². The molecule has 11 aromatic carbocycles. The molecular formula is C70H56N2. The van der Waals surface area contributed by atoms with Crippen molar-refractivity contribution in [1.29, 1.82) is 0 Å². The number of para-hydroxylation sites is 2. The summed E-state index contributed by atoms with van der Waals surface area (Å²) in [4.78, 5) is 5.14. The highest BCUT2D eigenvalue weighted by atomic mass is 15.2. The molecule has 13 rings (SSSR count). The van der Waals surface area contributed by atoms with E-state index in [1.165, 1.54) is 122 Å². The Balaban J connectivity index is 1.07. The van der Waals surface area contributed by atoms with E-state index < -0.39 is 0 Å². The van der Waals surface area contributed by atoms with Gasteiger partial charge < -0.3 is 9.80 Å². The van der Waals surface area contributed by atoms with Crippen molar-refractivity contribution in [2.24, 2.45) is 5.92 Å². The van der Waals surface area contributed by atoms with Gasteiger partial charge in [0, 0.05) is 34.0 Å². The fraction of sp³-hybridized carbons (Fsp3) is 0.114. The van der Waals surface area contributed by atoms with E-state index in [9.17, 15) is 0 Å². The molecule has 1 atom stereocenters. The largest absolute Gasteiger partial charge is 0.309 e. The molecule has 0 fully saturated rings. The molecular weight excluding hydrogens is 869 g/mol. The number of fused-ring (bicyclic) bond motifs is 2. The third kappa shape index (κ3) is 7.16. The quantitative estimate of drug-likeness (QED) is 0.126. The molecule has 72 heavy (non-hydrogen) atoms. The summed E-state index contributed by atoms with van der Waals surface area (Å²) in [6.07, 6.45) is 7.76. The molecule has 0 saturated carbocycles. The summed E-state index contributed by atoms with van der Waals surface area (Å²) in [5.41, 5.74) is 24.0. The molecule has 11 aromatic rings. The fourth-order valence-corrected chi connectivity index (χ4v) is 12.2. The molecule has 2 nitrogen and oxygen atoms in total. The molecule has 0 N–H and O–H groups in total. The van der Waals surface area contributed by atoms with Crippen molar-refractivity contribution < 1.29 is 0 Å². The zero-order chi connectivity index (χ0) is 48.5. The summed E-state index contributed by atoms with van der Waals surface area (Å²) in [5, 5.41) is 7.47. The molecule has 2 heteroatoms. The lowest BCUT2D eigenvalue weighted by molar-refractivity contribution is 0.745. The molecule has 2 aliphatic carbocycles. The van der Waals surface area contributed by atoms with E-state index in [4.69, 9.17) is 0 Å². The summed E-state index contributed by atoms with van der Waals surface area (Å²) < 4.78 is 0. The minimum absolute atomic E-state index is 0.522. The molecule has 0 aliphatic heterocycles. The molecule has 346 valence electrons. The van der Waals surface area contributed by atoms with Crippen LogP contribution in [-0.4, -0.2) is 0 Å². The monoisotopic (exact) mass is 924 g/mol. The zero-order valence-electron chi connectivity index (χ0n) is 41.5. The maximum Gasteiger partial charge on any atom is 0.0541 e. The number of hydrogen-bond donors (Lipinski definition) is 0. The van der Waals surface area contributed by atoms with Gasteiger partial charge in [-0.2, -0.15) is 0 Å². The van der Waals surface area contributed by atoms with Crippen molar-refractivity contribution in [2.75, 3.05) is 9.80 Å². The zero-order valence-corrected chi connectivity index (χ0v) is 41.5. The van der Waals surface area contributed by atoms with Gasteiger partial charge in [-0.15, -0.1) is 0 Å². The third-order valence-electron chi connectivity index (χ3n) is 15.7. The highest BCUT2D eigenvalue weighted by Crippen LogP contribution is 2.53. The van der Waals surface area contributed by atoms with Gasteiger partial charge in [0.15, 0.2) is 0 Å². The normalized spacial score (nSPS) is 14.1. The SMILES string of the molecule is CCc1ccc(C)cc1-c1cccc(N(c2ccccc2-c2ccccc2)c2ccc3ccc4c(N(c5ccccc5-c5ccccc5)c5cccc6c5CC5=C6CC(C)C=C5)ccc5ccc2c3c54)c1C. The van der Waals surface area contributed by atoms with Crippen LogP contribution in [0.25, 0.3) is 71.3 Å². The Morgan fingerprint density at radius 1 is 0.444 bits per heavy atom. The van der Waals surface area contributed by atoms with Gasteiger partial charge in [-0.1, -0.05) is 207 Å². The number of aryl methyl sites for hydroxylation is 2. The first kappa shape index (κ1) is 43.6. The molecule has 1 unspecified atom stereocenters. The molecule has 0 radical (unpaired) electrons. The maximum atomic E-state index is 2.59. The Morgan fingerprint density at radius 3 is 1.57 bits per heavy atom. The summed E-state index contributed by atoms with van der Waals surface area (Å²) in [6.45, 7) is 9.13. The van der Waals surface area contributed by atoms with Crippen LogP contribution in [0, 0.1) is 19.8 Å². The van der Waals surface area contributed by atoms with Gasteiger partial charge in [-0.3, -0.25) is 0 Å². The standard InChI is InChI=1S/C70H56N2/c1-5-48-32-30-45(2)42-60(48)54-24-16-28-63(47(54)4)71(64-26-14-12-22-55(64)49-18-8-6-9-19-49)67-40-36-51-35-39-59-68(41-37-52-34-38-58(67)69(51)70(52)59)72(65-27-15-13-23-56(65)50-20-10-7-11-21-50)66-29-17-25-57-61-43-46(3)31-33-53(61)44-62(57)66/h6-42,46H,5,43-44H2,1-4H3. The lowest BCUT2D eigenvalue weighted by Gasteiger charge is -2.32. The second-order valence-electron chi connectivity index (χ2n) is 20.0. The first-order chi connectivity index (χ1) is 35.4. The fourth-order valence-electron chi connectivity index (χ4n) is 12.2. The van der Waals surface area contributed by atoms with Gasteiger partial charge >= 0.3 is 0 Å². The number of anilines is 6. The van der Waals surface area contributed by atoms with Crippen molar-refractivity contribution in [3.05, 3.63) is 258 Å². The van der Waals surface area contributed by atoms with Crippen LogP contribution >= 0.6 is 0 Å². The van der Waals surface area contributed by atoms with Crippen molar-refractivity contribution in [3.63, 3.8) is 0 Å². The number of allylic oxidation sites excluding steroid dienone is 4. The van der Waals surface area contributed by atoms with Crippen LogP contribution in [0.5, 0.6) is 0 Å². The Morgan fingerprint density at radius 2 is 0.958 bits per heavy atom. The number of rotatable bonds is 10. The first-order valence-electron chi connectivity index (χ1n) is 25.7. The highest BCUT2D eigenvalue weighted by Gasteiger charge is 2.31. The van der Waals surface area contributed by atoms with Crippen molar-refractivity contribution in [2.45, 2.75) is 47.0 Å². The van der Waals surface area contributed by atoms with E-state index in [-0.39, 0.29) is 0 Å². The Hall–Kier alpha value is -8.46. The van der Waals surface area contributed by atoms with Crippen molar-refractivity contribution in [3.8, 4) is 33.4 Å². The van der Waals surface area contributed by atoms with E-state index in [1.807, 2.05) is 0 Å². The maximum absolute atomic E-state index is 2.59. The van der Waals surface area contributed by atoms with E-state index in [0.29, 0.717) is 5.92 Å². The third-order valence-corrected chi connectivity index (χ3v) is 15.7. The average molecular weight is 925 g/mol. The van der Waals surface area contributed by atoms with E-state index in [0.717, 1.165) is 36.3 Å². The van der Waals surface area contributed by atoms with E-state index >= 15 is 0 Å². The predicted octanol–water partition coefficient (Wildman–Crippen LogP) is 19.6. The van der Waals surface area contributed by atoms with Crippen molar-refractivity contribution >= 4 is 72.0 Å². The van der Waals surface area contributed by atoms with E-state index in [2.05, 4.69) is 262 Å². The predicted molar refractivity (Wildman–Crippen MR) is 308 cm³/mol. The van der Waals surface area contributed by atoms with Crippen molar-refractivity contribution in [1.82, 2.24) is 0 Å². The van der Waals surface area contributed by atoms with Gasteiger partial charge in [0.1, 0.15) is 0 Å². The van der Waals surface area contributed by atoms with Crippen LogP contribution in [0.4, 0.5) is 34.1 Å².